The summed E-state index contributed by atoms with van der Waals surface area (Å²) in [6.45, 7) is 0. The molecular weight excluding hydrogens is 242 g/mol. The number of hydrogen-bond donors (Lipinski definition) is 3. The average Bonchev–Trinajstić information content (AvgIpc) is 3.02. The number of nitrogens with one attached hydrogen (secondary N) is 2. The van der Waals surface area contributed by atoms with Gasteiger partial charge in [0.05, 0.1) is 10.4 Å². The molecule has 0 bridgehead atoms. The minimum Gasteiger partial charge on any atom is -0.392 e. The minimum atomic E-state index is -0.767. The van der Waals surface area contributed by atoms with Gasteiger partial charge in [0.15, 0.2) is 0 Å². The summed E-state index contributed by atoms with van der Waals surface area (Å²) in [4.78, 5) is 34.5. The fourth-order valence-electron chi connectivity index (χ4n) is 1.84. The summed E-state index contributed by atoms with van der Waals surface area (Å²) < 4.78 is 0. The first-order valence-electron chi connectivity index (χ1n) is 5.40. The molecule has 6 nitrogen and oxygen atoms in total. The Kier molecular flexibility index (Phi) is 2.86. The van der Waals surface area contributed by atoms with Gasteiger partial charge in [0.1, 0.15) is 6.04 Å². The largest absolute Gasteiger partial charge is 0.392 e. The second-order valence-electron chi connectivity index (χ2n) is 4.42. The van der Waals surface area contributed by atoms with Crippen LogP contribution in [0.5, 0.6) is 0 Å². The van der Waals surface area contributed by atoms with Crippen LogP contribution in [0.4, 0.5) is 0 Å². The van der Waals surface area contributed by atoms with Crippen molar-refractivity contribution in [3.63, 3.8) is 0 Å². The molecule has 0 spiro atoms. The summed E-state index contributed by atoms with van der Waals surface area (Å²) >= 11 is 4.85. The molecule has 17 heavy (non-hydrogen) atoms. The van der Waals surface area contributed by atoms with Gasteiger partial charge < -0.3 is 11.1 Å². The summed E-state index contributed by atoms with van der Waals surface area (Å²) in [6.07, 6.45) is 1.81. The molecule has 1 saturated carbocycles. The molecule has 1 heterocycles. The van der Waals surface area contributed by atoms with Gasteiger partial charge in [-0.3, -0.25) is 19.7 Å². The molecule has 1 saturated heterocycles. The zero-order chi connectivity index (χ0) is 12.6. The van der Waals surface area contributed by atoms with Gasteiger partial charge in [0.2, 0.25) is 17.7 Å². The number of nitrogens with two attached hydrogens (primary N) is 1. The normalized spacial score (nSPS) is 26.0. The number of carbonyl (C=O) groups excluding carboxylic acids is 3. The van der Waals surface area contributed by atoms with Crippen LogP contribution in [0.15, 0.2) is 0 Å². The van der Waals surface area contributed by atoms with Crippen LogP contribution in [0.2, 0.25) is 0 Å². The SMILES string of the molecule is NC(=S)C1(C(=O)NC2CCC(=O)NC2=O)CC1. The highest BCUT2D eigenvalue weighted by Crippen LogP contribution is 2.46. The van der Waals surface area contributed by atoms with Gasteiger partial charge in [-0.2, -0.15) is 0 Å². The quantitative estimate of drug-likeness (QED) is 0.442. The lowest BCUT2D eigenvalue weighted by Crippen LogP contribution is -2.54. The zero-order valence-electron chi connectivity index (χ0n) is 9.12. The number of thiocarbonyl (C=S) groups is 1. The van der Waals surface area contributed by atoms with Crippen molar-refractivity contribution in [2.75, 3.05) is 0 Å². The lowest BCUT2D eigenvalue weighted by atomic mass is 10.0. The van der Waals surface area contributed by atoms with E-state index in [9.17, 15) is 14.4 Å². The summed E-state index contributed by atoms with van der Waals surface area (Å²) in [5.41, 5.74) is 4.74. The topological polar surface area (TPSA) is 101 Å². The predicted molar refractivity (Wildman–Crippen MR) is 62.8 cm³/mol. The molecule has 1 unspecified atom stereocenters. The molecule has 2 rings (SSSR count). The van der Waals surface area contributed by atoms with E-state index in [1.165, 1.54) is 0 Å². The van der Waals surface area contributed by atoms with Crippen molar-refractivity contribution in [3.8, 4) is 0 Å². The Morgan fingerprint density at radius 3 is 2.59 bits per heavy atom. The molecule has 92 valence electrons. The fraction of sp³-hybridized carbons (Fsp3) is 0.600. The molecule has 2 aliphatic rings. The van der Waals surface area contributed by atoms with Crippen LogP contribution in [0.25, 0.3) is 0 Å². The Balaban J connectivity index is 1.98. The van der Waals surface area contributed by atoms with E-state index in [1.807, 2.05) is 0 Å². The highest BCUT2D eigenvalue weighted by Gasteiger charge is 2.53. The smallest absolute Gasteiger partial charge is 0.249 e. The molecule has 7 heteroatoms. The molecule has 0 aromatic carbocycles. The number of hydrogen-bond acceptors (Lipinski definition) is 4. The summed E-state index contributed by atoms with van der Waals surface area (Å²) in [7, 11) is 0. The maximum absolute atomic E-state index is 11.9. The van der Waals surface area contributed by atoms with E-state index in [0.717, 1.165) is 0 Å². The average molecular weight is 255 g/mol. The van der Waals surface area contributed by atoms with Crippen LogP contribution in [-0.4, -0.2) is 28.8 Å². The molecule has 0 radical (unpaired) electrons. The number of carbonyl (C=O) groups is 3. The van der Waals surface area contributed by atoms with Crippen molar-refractivity contribution in [2.45, 2.75) is 31.7 Å². The van der Waals surface area contributed by atoms with Crippen molar-refractivity contribution < 1.29 is 14.4 Å². The van der Waals surface area contributed by atoms with Gasteiger partial charge in [0.25, 0.3) is 0 Å². The van der Waals surface area contributed by atoms with E-state index < -0.39 is 17.4 Å². The maximum Gasteiger partial charge on any atom is 0.249 e. The third-order valence-electron chi connectivity index (χ3n) is 3.20. The lowest BCUT2D eigenvalue weighted by Gasteiger charge is -2.24. The van der Waals surface area contributed by atoms with Crippen molar-refractivity contribution in [2.24, 2.45) is 11.1 Å². The Morgan fingerprint density at radius 1 is 1.47 bits per heavy atom. The van der Waals surface area contributed by atoms with Crippen LogP contribution >= 0.6 is 12.2 Å². The first-order chi connectivity index (χ1) is 7.95. The second-order valence-corrected chi connectivity index (χ2v) is 4.86. The first-order valence-corrected chi connectivity index (χ1v) is 5.81. The summed E-state index contributed by atoms with van der Waals surface area (Å²) in [5.74, 6) is -1.08. The van der Waals surface area contributed by atoms with E-state index in [0.29, 0.717) is 19.3 Å². The van der Waals surface area contributed by atoms with Gasteiger partial charge in [-0.1, -0.05) is 12.2 Å². The van der Waals surface area contributed by atoms with E-state index in [4.69, 9.17) is 18.0 Å². The molecule has 1 aliphatic heterocycles. The third kappa shape index (κ3) is 2.14. The van der Waals surface area contributed by atoms with Crippen LogP contribution < -0.4 is 16.4 Å². The molecule has 1 atom stereocenters. The van der Waals surface area contributed by atoms with Gasteiger partial charge in [-0.25, -0.2) is 0 Å². The summed E-state index contributed by atoms with van der Waals surface area (Å²) in [5, 5.41) is 4.78. The van der Waals surface area contributed by atoms with Gasteiger partial charge in [-0.15, -0.1) is 0 Å². The zero-order valence-corrected chi connectivity index (χ0v) is 9.93. The third-order valence-corrected chi connectivity index (χ3v) is 3.59. The van der Waals surface area contributed by atoms with Crippen LogP contribution in [0.3, 0.4) is 0 Å². The Bertz CT molecular complexity index is 417. The number of piperidine rings is 1. The Labute approximate surface area is 103 Å². The first kappa shape index (κ1) is 12.0. The van der Waals surface area contributed by atoms with Crippen LogP contribution in [0.1, 0.15) is 25.7 Å². The second kappa shape index (κ2) is 4.06. The number of amides is 3. The molecule has 0 aromatic heterocycles. The Hall–Kier alpha value is -1.50. The van der Waals surface area contributed by atoms with Crippen LogP contribution in [-0.2, 0) is 14.4 Å². The molecule has 2 fully saturated rings. The van der Waals surface area contributed by atoms with Crippen molar-refractivity contribution >= 4 is 34.9 Å². The van der Waals surface area contributed by atoms with Crippen molar-refractivity contribution in [1.82, 2.24) is 10.6 Å². The van der Waals surface area contributed by atoms with E-state index >= 15 is 0 Å². The number of imide groups is 1. The molecular formula is C10H13N3O3S. The van der Waals surface area contributed by atoms with Crippen molar-refractivity contribution in [3.05, 3.63) is 0 Å². The summed E-state index contributed by atoms with van der Waals surface area (Å²) in [6, 6.07) is -0.660. The molecule has 4 N–H and O–H groups in total. The van der Waals surface area contributed by atoms with Gasteiger partial charge in [-0.05, 0) is 19.3 Å². The predicted octanol–water partition coefficient (Wildman–Crippen LogP) is -1.03. The minimum absolute atomic E-state index is 0.169. The molecule has 0 aromatic rings. The highest BCUT2D eigenvalue weighted by atomic mass is 32.1. The van der Waals surface area contributed by atoms with Gasteiger partial charge >= 0.3 is 0 Å². The monoisotopic (exact) mass is 255 g/mol. The molecule has 3 amide bonds. The highest BCUT2D eigenvalue weighted by molar-refractivity contribution is 7.80. The Morgan fingerprint density at radius 2 is 2.12 bits per heavy atom. The fourth-order valence-corrected chi connectivity index (χ4v) is 2.13. The van der Waals surface area contributed by atoms with E-state index in [2.05, 4.69) is 10.6 Å². The van der Waals surface area contributed by atoms with Gasteiger partial charge in [0, 0.05) is 6.42 Å². The van der Waals surface area contributed by atoms with E-state index in [1.54, 1.807) is 0 Å². The van der Waals surface area contributed by atoms with Crippen LogP contribution in [0, 0.1) is 5.41 Å². The maximum atomic E-state index is 11.9. The standard InChI is InChI=1S/C10H13N3O3S/c11-8(17)10(3-4-10)9(16)12-5-1-2-6(14)13-7(5)15/h5H,1-4H2,(H2,11,17)(H,12,16)(H,13,14,15). The number of rotatable bonds is 3. The van der Waals surface area contributed by atoms with Crippen molar-refractivity contribution in [1.29, 1.82) is 0 Å². The molecule has 1 aliphatic carbocycles. The lowest BCUT2D eigenvalue weighted by molar-refractivity contribution is -0.137. The van der Waals surface area contributed by atoms with E-state index in [-0.39, 0.29) is 23.2 Å².